The van der Waals surface area contributed by atoms with Crippen molar-refractivity contribution in [2.75, 3.05) is 0 Å². The molecule has 0 aliphatic heterocycles. The fourth-order valence-corrected chi connectivity index (χ4v) is 0. The average Bonchev–Trinajstić information content (AvgIpc) is 1.88. The molecule has 80 valence electrons. The second-order valence-corrected chi connectivity index (χ2v) is 3.11. The SMILES string of the molecule is CC(C)C(N)=O.CC(C)C(N)=O.S. The van der Waals surface area contributed by atoms with Crippen molar-refractivity contribution < 1.29 is 9.59 Å². The van der Waals surface area contributed by atoms with Crippen LogP contribution >= 0.6 is 13.5 Å². The molecule has 0 heterocycles. The number of primary amides is 2. The van der Waals surface area contributed by atoms with E-state index in [1.165, 1.54) is 0 Å². The summed E-state index contributed by atoms with van der Waals surface area (Å²) in [6.07, 6.45) is 0. The van der Waals surface area contributed by atoms with Crippen molar-refractivity contribution in [1.29, 1.82) is 0 Å². The maximum absolute atomic E-state index is 9.92. The summed E-state index contributed by atoms with van der Waals surface area (Å²) in [5, 5.41) is 0. The molecule has 0 aromatic heterocycles. The van der Waals surface area contributed by atoms with Crippen molar-refractivity contribution in [3.05, 3.63) is 0 Å². The largest absolute Gasteiger partial charge is 0.369 e. The van der Waals surface area contributed by atoms with Crippen LogP contribution in [0.4, 0.5) is 0 Å². The van der Waals surface area contributed by atoms with Gasteiger partial charge in [-0.05, 0) is 0 Å². The van der Waals surface area contributed by atoms with Crippen LogP contribution < -0.4 is 11.5 Å². The first kappa shape index (κ1) is 18.2. The molecule has 0 saturated carbocycles. The van der Waals surface area contributed by atoms with Gasteiger partial charge in [0.05, 0.1) is 0 Å². The third kappa shape index (κ3) is 18.3. The highest BCUT2D eigenvalue weighted by molar-refractivity contribution is 7.59. The molecule has 0 aliphatic rings. The van der Waals surface area contributed by atoms with Crippen LogP contribution in [0.3, 0.4) is 0 Å². The van der Waals surface area contributed by atoms with E-state index in [0.717, 1.165) is 0 Å². The Bertz CT molecular complexity index is 140. The number of hydrogen-bond donors (Lipinski definition) is 2. The van der Waals surface area contributed by atoms with Crippen LogP contribution in [0.25, 0.3) is 0 Å². The molecule has 0 rings (SSSR count). The van der Waals surface area contributed by atoms with E-state index in [-0.39, 0.29) is 37.1 Å². The van der Waals surface area contributed by atoms with E-state index in [1.807, 2.05) is 0 Å². The minimum absolute atomic E-state index is 0. The van der Waals surface area contributed by atoms with Crippen molar-refractivity contribution in [3.63, 3.8) is 0 Å². The first-order chi connectivity index (χ1) is 5.29. The number of amides is 2. The molecular formula is C8H20N2O2S. The first-order valence-electron chi connectivity index (χ1n) is 3.87. The van der Waals surface area contributed by atoms with Gasteiger partial charge in [0.15, 0.2) is 0 Å². The van der Waals surface area contributed by atoms with Crippen molar-refractivity contribution in [2.24, 2.45) is 23.3 Å². The molecule has 0 atom stereocenters. The lowest BCUT2D eigenvalue weighted by molar-refractivity contribution is -0.121. The van der Waals surface area contributed by atoms with Crippen LogP contribution in [-0.2, 0) is 9.59 Å². The van der Waals surface area contributed by atoms with Crippen molar-refractivity contribution in [2.45, 2.75) is 27.7 Å². The summed E-state index contributed by atoms with van der Waals surface area (Å²) in [5.74, 6) is -0.500. The van der Waals surface area contributed by atoms with Gasteiger partial charge < -0.3 is 11.5 Å². The Labute approximate surface area is 86.5 Å². The minimum Gasteiger partial charge on any atom is -0.369 e. The highest BCUT2D eigenvalue weighted by Gasteiger charge is 1.96. The van der Waals surface area contributed by atoms with E-state index in [1.54, 1.807) is 27.7 Å². The van der Waals surface area contributed by atoms with E-state index in [4.69, 9.17) is 11.5 Å². The molecule has 0 fully saturated rings. The summed E-state index contributed by atoms with van der Waals surface area (Å²) in [6.45, 7) is 7.06. The van der Waals surface area contributed by atoms with E-state index in [2.05, 4.69) is 0 Å². The zero-order valence-corrected chi connectivity index (χ0v) is 9.63. The smallest absolute Gasteiger partial charge is 0.219 e. The number of nitrogens with two attached hydrogens (primary N) is 2. The summed E-state index contributed by atoms with van der Waals surface area (Å²) in [6, 6.07) is 0. The quantitative estimate of drug-likeness (QED) is 0.687. The zero-order valence-electron chi connectivity index (χ0n) is 8.63. The van der Waals surface area contributed by atoms with E-state index >= 15 is 0 Å². The van der Waals surface area contributed by atoms with Crippen LogP contribution in [0, 0.1) is 11.8 Å². The number of carbonyl (C=O) groups is 2. The molecule has 0 unspecified atom stereocenters. The van der Waals surface area contributed by atoms with E-state index < -0.39 is 0 Å². The molecule has 5 heteroatoms. The van der Waals surface area contributed by atoms with Gasteiger partial charge in [0.2, 0.25) is 11.8 Å². The molecule has 2 amide bonds. The molecule has 4 nitrogen and oxygen atoms in total. The lowest BCUT2D eigenvalue weighted by Gasteiger charge is -1.90. The molecule has 0 aromatic carbocycles. The van der Waals surface area contributed by atoms with Gasteiger partial charge >= 0.3 is 0 Å². The van der Waals surface area contributed by atoms with Crippen LogP contribution in [0.2, 0.25) is 0 Å². The van der Waals surface area contributed by atoms with Crippen LogP contribution in [-0.4, -0.2) is 11.8 Å². The Hall–Kier alpha value is -0.710. The second kappa shape index (κ2) is 9.38. The maximum Gasteiger partial charge on any atom is 0.219 e. The van der Waals surface area contributed by atoms with Gasteiger partial charge in [0.1, 0.15) is 0 Å². The van der Waals surface area contributed by atoms with Gasteiger partial charge in [-0.1, -0.05) is 27.7 Å². The molecule has 0 bridgehead atoms. The third-order valence-electron chi connectivity index (χ3n) is 1.14. The highest BCUT2D eigenvalue weighted by atomic mass is 32.1. The van der Waals surface area contributed by atoms with Gasteiger partial charge in [0.25, 0.3) is 0 Å². The highest BCUT2D eigenvalue weighted by Crippen LogP contribution is 1.85. The molecule has 0 aromatic rings. The van der Waals surface area contributed by atoms with Gasteiger partial charge in [-0.2, -0.15) is 13.5 Å². The van der Waals surface area contributed by atoms with E-state index in [0.29, 0.717) is 0 Å². The van der Waals surface area contributed by atoms with Crippen molar-refractivity contribution in [3.8, 4) is 0 Å². The number of hydrogen-bond acceptors (Lipinski definition) is 2. The van der Waals surface area contributed by atoms with Crippen LogP contribution in [0.1, 0.15) is 27.7 Å². The average molecular weight is 208 g/mol. The van der Waals surface area contributed by atoms with E-state index in [9.17, 15) is 9.59 Å². The summed E-state index contributed by atoms with van der Waals surface area (Å²) < 4.78 is 0. The van der Waals surface area contributed by atoms with Gasteiger partial charge in [-0.25, -0.2) is 0 Å². The summed E-state index contributed by atoms with van der Waals surface area (Å²) >= 11 is 0. The summed E-state index contributed by atoms with van der Waals surface area (Å²) in [5.41, 5.74) is 9.59. The predicted molar refractivity (Wildman–Crippen MR) is 58.4 cm³/mol. The molecule has 0 aliphatic carbocycles. The Kier molecular flexibility index (Phi) is 13.1. The van der Waals surface area contributed by atoms with Crippen molar-refractivity contribution in [1.82, 2.24) is 0 Å². The Morgan fingerprint density at radius 3 is 0.923 bits per heavy atom. The standard InChI is InChI=1S/2C4H9NO.H2S/c2*1-3(2)4(5)6;/h2*3H,1-2H3,(H2,5,6);1H2. The molecule has 13 heavy (non-hydrogen) atoms. The molecule has 4 N–H and O–H groups in total. The Morgan fingerprint density at radius 2 is 0.923 bits per heavy atom. The molecule has 0 saturated heterocycles. The van der Waals surface area contributed by atoms with Crippen LogP contribution in [0.15, 0.2) is 0 Å². The fraction of sp³-hybridized carbons (Fsp3) is 0.750. The monoisotopic (exact) mass is 208 g/mol. The lowest BCUT2D eigenvalue weighted by Crippen LogP contribution is -2.17. The topological polar surface area (TPSA) is 86.2 Å². The van der Waals surface area contributed by atoms with Crippen molar-refractivity contribution >= 4 is 25.3 Å². The van der Waals surface area contributed by atoms with Gasteiger partial charge in [0, 0.05) is 11.8 Å². The zero-order chi connectivity index (χ0) is 10.3. The fourth-order valence-electron chi connectivity index (χ4n) is 0. The lowest BCUT2D eigenvalue weighted by atomic mass is 10.2. The third-order valence-corrected chi connectivity index (χ3v) is 1.14. The van der Waals surface area contributed by atoms with Gasteiger partial charge in [-0.15, -0.1) is 0 Å². The summed E-state index contributed by atoms with van der Waals surface area (Å²) in [7, 11) is 0. The Morgan fingerprint density at radius 1 is 0.846 bits per heavy atom. The number of rotatable bonds is 2. The Balaban J connectivity index is -0.000000143. The minimum atomic E-state index is -0.241. The normalized spacial score (nSPS) is 8.46. The van der Waals surface area contributed by atoms with Crippen LogP contribution in [0.5, 0.6) is 0 Å². The second-order valence-electron chi connectivity index (χ2n) is 3.11. The summed E-state index contributed by atoms with van der Waals surface area (Å²) in [4.78, 5) is 19.8. The predicted octanol–water partition coefficient (Wildman–Crippen LogP) is 0.368. The first-order valence-corrected chi connectivity index (χ1v) is 3.87. The molecular weight excluding hydrogens is 188 g/mol. The number of carbonyl (C=O) groups excluding carboxylic acids is 2. The van der Waals surface area contributed by atoms with Gasteiger partial charge in [-0.3, -0.25) is 9.59 Å². The maximum atomic E-state index is 9.92. The molecule has 0 spiro atoms. The molecule has 0 radical (unpaired) electrons.